The van der Waals surface area contributed by atoms with Crippen molar-refractivity contribution in [3.63, 3.8) is 0 Å². The molecule has 0 bridgehead atoms. The Hall–Kier alpha value is -2.89. The number of carbonyl (C=O) groups is 2. The number of rotatable bonds is 5. The molecular formula is C19H20N2O4. The van der Waals surface area contributed by atoms with Gasteiger partial charge in [0.2, 0.25) is 0 Å². The van der Waals surface area contributed by atoms with E-state index in [2.05, 4.69) is 10.3 Å². The van der Waals surface area contributed by atoms with Crippen LogP contribution in [-0.2, 0) is 5.54 Å². The fraction of sp³-hybridized carbons (Fsp3) is 0.316. The third kappa shape index (κ3) is 3.47. The van der Waals surface area contributed by atoms with E-state index in [0.29, 0.717) is 0 Å². The number of nitrogens with one attached hydrogen (secondary N) is 1. The van der Waals surface area contributed by atoms with Crippen LogP contribution >= 0.6 is 0 Å². The molecule has 0 atom stereocenters. The highest BCUT2D eigenvalue weighted by Crippen LogP contribution is 2.39. The summed E-state index contributed by atoms with van der Waals surface area (Å²) in [5.74, 6) is -0.679. The van der Waals surface area contributed by atoms with Gasteiger partial charge in [0.25, 0.3) is 5.91 Å². The monoisotopic (exact) mass is 340 g/mol. The molecule has 0 aliphatic heterocycles. The number of benzene rings is 1. The highest BCUT2D eigenvalue weighted by Gasteiger charge is 2.37. The minimum atomic E-state index is -1.08. The molecule has 6 nitrogen and oxygen atoms in total. The third-order valence-electron chi connectivity index (χ3n) is 4.69. The Morgan fingerprint density at radius 2 is 1.84 bits per heavy atom. The number of methoxy groups -OCH3 is 1. The molecule has 1 aromatic carbocycles. The molecular weight excluding hydrogens is 320 g/mol. The predicted octanol–water partition coefficient (Wildman–Crippen LogP) is 2.99. The largest absolute Gasteiger partial charge is 0.497 e. The minimum absolute atomic E-state index is 0.0464. The molecule has 1 fully saturated rings. The number of hydrogen-bond donors (Lipinski definition) is 2. The molecule has 1 aliphatic rings. The van der Waals surface area contributed by atoms with E-state index in [1.54, 1.807) is 7.11 Å². The quantitative estimate of drug-likeness (QED) is 0.873. The van der Waals surface area contributed by atoms with Crippen LogP contribution in [0.2, 0.25) is 0 Å². The summed E-state index contributed by atoms with van der Waals surface area (Å²) in [5.41, 5.74) is 0.725. The molecule has 0 spiro atoms. The van der Waals surface area contributed by atoms with Crippen molar-refractivity contribution in [1.82, 2.24) is 10.3 Å². The van der Waals surface area contributed by atoms with Crippen molar-refractivity contribution in [2.24, 2.45) is 0 Å². The van der Waals surface area contributed by atoms with E-state index in [-0.39, 0.29) is 17.2 Å². The summed E-state index contributed by atoms with van der Waals surface area (Å²) >= 11 is 0. The van der Waals surface area contributed by atoms with Gasteiger partial charge in [0.05, 0.1) is 18.2 Å². The van der Waals surface area contributed by atoms with Gasteiger partial charge in [-0.2, -0.15) is 0 Å². The standard InChI is InChI=1S/C19H20N2O4/c1-25-15-6-4-14(5-7-15)19(9-2-3-10-19)21-17(22)16-12-13(18(23)24)8-11-20-16/h4-8,11-12H,2-3,9-10H2,1H3,(H,21,22)(H,23,24). The summed E-state index contributed by atoms with van der Waals surface area (Å²) in [6.07, 6.45) is 5.06. The molecule has 1 saturated carbocycles. The Labute approximate surface area is 145 Å². The van der Waals surface area contributed by atoms with Crippen LogP contribution in [0.1, 0.15) is 52.1 Å². The van der Waals surface area contributed by atoms with Crippen LogP contribution in [0, 0.1) is 0 Å². The molecule has 25 heavy (non-hydrogen) atoms. The summed E-state index contributed by atoms with van der Waals surface area (Å²) in [5, 5.41) is 12.2. The van der Waals surface area contributed by atoms with Crippen LogP contribution in [0.25, 0.3) is 0 Å². The lowest BCUT2D eigenvalue weighted by molar-refractivity contribution is 0.0696. The highest BCUT2D eigenvalue weighted by molar-refractivity contribution is 5.96. The van der Waals surface area contributed by atoms with E-state index >= 15 is 0 Å². The van der Waals surface area contributed by atoms with E-state index in [9.17, 15) is 9.59 Å². The molecule has 2 aromatic rings. The van der Waals surface area contributed by atoms with Gasteiger partial charge in [-0.05, 0) is 42.7 Å². The molecule has 2 N–H and O–H groups in total. The molecule has 6 heteroatoms. The van der Waals surface area contributed by atoms with E-state index in [1.807, 2.05) is 24.3 Å². The minimum Gasteiger partial charge on any atom is -0.497 e. The topological polar surface area (TPSA) is 88.5 Å². The average Bonchev–Trinajstić information content (AvgIpc) is 3.11. The number of carboxylic acids is 1. The maximum Gasteiger partial charge on any atom is 0.335 e. The van der Waals surface area contributed by atoms with Crippen LogP contribution < -0.4 is 10.1 Å². The predicted molar refractivity (Wildman–Crippen MR) is 91.8 cm³/mol. The van der Waals surface area contributed by atoms with Crippen LogP contribution in [0.3, 0.4) is 0 Å². The Morgan fingerprint density at radius 3 is 2.44 bits per heavy atom. The molecule has 1 aromatic heterocycles. The number of aromatic nitrogens is 1. The van der Waals surface area contributed by atoms with Gasteiger partial charge in [-0.25, -0.2) is 4.79 Å². The molecule has 1 amide bonds. The Bertz CT molecular complexity index is 780. The second kappa shape index (κ2) is 6.93. The lowest BCUT2D eigenvalue weighted by Crippen LogP contribution is -2.44. The van der Waals surface area contributed by atoms with Crippen molar-refractivity contribution in [3.05, 3.63) is 59.4 Å². The zero-order chi connectivity index (χ0) is 17.9. The van der Waals surface area contributed by atoms with Gasteiger partial charge in [-0.1, -0.05) is 25.0 Å². The molecule has 130 valence electrons. The zero-order valence-electron chi connectivity index (χ0n) is 14.0. The first kappa shape index (κ1) is 17.0. The normalized spacial score (nSPS) is 15.6. The molecule has 1 aliphatic carbocycles. The Kier molecular flexibility index (Phi) is 4.70. The van der Waals surface area contributed by atoms with Crippen LogP contribution in [0.5, 0.6) is 5.75 Å². The van der Waals surface area contributed by atoms with Crippen LogP contribution in [0.15, 0.2) is 42.6 Å². The van der Waals surface area contributed by atoms with E-state index < -0.39 is 11.5 Å². The summed E-state index contributed by atoms with van der Waals surface area (Å²) in [7, 11) is 1.61. The number of ether oxygens (including phenoxy) is 1. The molecule has 3 rings (SSSR count). The Balaban J connectivity index is 1.87. The number of pyridine rings is 1. The maximum absolute atomic E-state index is 12.7. The van der Waals surface area contributed by atoms with Crippen molar-refractivity contribution in [3.8, 4) is 5.75 Å². The Morgan fingerprint density at radius 1 is 1.16 bits per heavy atom. The van der Waals surface area contributed by atoms with Crippen molar-refractivity contribution < 1.29 is 19.4 Å². The number of hydrogen-bond acceptors (Lipinski definition) is 4. The molecule has 0 unspecified atom stereocenters. The average molecular weight is 340 g/mol. The number of aromatic carboxylic acids is 1. The highest BCUT2D eigenvalue weighted by atomic mass is 16.5. The van der Waals surface area contributed by atoms with Crippen molar-refractivity contribution in [2.45, 2.75) is 31.2 Å². The lowest BCUT2D eigenvalue weighted by atomic mass is 9.88. The van der Waals surface area contributed by atoms with Crippen molar-refractivity contribution in [1.29, 1.82) is 0 Å². The maximum atomic E-state index is 12.7. The molecule has 0 saturated heterocycles. The van der Waals surface area contributed by atoms with E-state index in [4.69, 9.17) is 9.84 Å². The smallest absolute Gasteiger partial charge is 0.335 e. The number of carboxylic acid groups (broad SMARTS) is 1. The number of amides is 1. The molecule has 0 radical (unpaired) electrons. The van der Waals surface area contributed by atoms with Crippen molar-refractivity contribution in [2.75, 3.05) is 7.11 Å². The van der Waals surface area contributed by atoms with Gasteiger partial charge in [-0.3, -0.25) is 9.78 Å². The first-order valence-corrected chi connectivity index (χ1v) is 8.20. The van der Waals surface area contributed by atoms with Gasteiger partial charge in [0, 0.05) is 6.20 Å². The van der Waals surface area contributed by atoms with Crippen LogP contribution in [-0.4, -0.2) is 29.1 Å². The summed E-state index contributed by atoms with van der Waals surface area (Å²) in [6.45, 7) is 0. The number of nitrogens with zero attached hydrogens (tertiary/aromatic N) is 1. The van der Waals surface area contributed by atoms with Gasteiger partial charge in [0.1, 0.15) is 11.4 Å². The van der Waals surface area contributed by atoms with Gasteiger partial charge < -0.3 is 15.2 Å². The fourth-order valence-corrected chi connectivity index (χ4v) is 3.34. The van der Waals surface area contributed by atoms with Gasteiger partial charge in [0.15, 0.2) is 0 Å². The van der Waals surface area contributed by atoms with Crippen molar-refractivity contribution >= 4 is 11.9 Å². The first-order chi connectivity index (χ1) is 12.0. The summed E-state index contributed by atoms with van der Waals surface area (Å²) in [4.78, 5) is 27.8. The second-order valence-electron chi connectivity index (χ2n) is 6.21. The SMILES string of the molecule is COc1ccc(C2(NC(=O)c3cc(C(=O)O)ccn3)CCCC2)cc1. The number of carbonyl (C=O) groups excluding carboxylic acids is 1. The van der Waals surface area contributed by atoms with Crippen LogP contribution in [0.4, 0.5) is 0 Å². The van der Waals surface area contributed by atoms with E-state index in [0.717, 1.165) is 37.0 Å². The first-order valence-electron chi connectivity index (χ1n) is 8.20. The third-order valence-corrected chi connectivity index (χ3v) is 4.69. The fourth-order valence-electron chi connectivity index (χ4n) is 3.34. The van der Waals surface area contributed by atoms with Gasteiger partial charge in [-0.15, -0.1) is 0 Å². The summed E-state index contributed by atoms with van der Waals surface area (Å²) < 4.78 is 5.20. The molecule has 1 heterocycles. The summed E-state index contributed by atoms with van der Waals surface area (Å²) in [6, 6.07) is 10.4. The van der Waals surface area contributed by atoms with E-state index in [1.165, 1.54) is 18.3 Å². The lowest BCUT2D eigenvalue weighted by Gasteiger charge is -2.31. The second-order valence-corrected chi connectivity index (χ2v) is 6.21. The van der Waals surface area contributed by atoms with Gasteiger partial charge >= 0.3 is 5.97 Å². The zero-order valence-corrected chi connectivity index (χ0v) is 14.0.